The highest BCUT2D eigenvalue weighted by atomic mass is 32.1. The van der Waals surface area contributed by atoms with E-state index in [4.69, 9.17) is 4.74 Å². The molecule has 1 fully saturated rings. The first kappa shape index (κ1) is 25.9. The number of alkyl halides is 3. The molecule has 2 amide bonds. The molecule has 1 aliphatic rings. The molecule has 0 bridgehead atoms. The van der Waals surface area contributed by atoms with Gasteiger partial charge in [-0.25, -0.2) is 4.79 Å². The molecule has 2 aromatic carbocycles. The molecular formula is C26H28F3N3O3S. The van der Waals surface area contributed by atoms with Gasteiger partial charge in [-0.05, 0) is 55.9 Å². The highest BCUT2D eigenvalue weighted by Gasteiger charge is 2.39. The van der Waals surface area contributed by atoms with Crippen molar-refractivity contribution in [2.24, 2.45) is 4.99 Å². The normalized spacial score (nSPS) is 15.9. The summed E-state index contributed by atoms with van der Waals surface area (Å²) in [6.45, 7) is 6.67. The molecule has 0 radical (unpaired) electrons. The molecule has 4 rings (SSSR count). The van der Waals surface area contributed by atoms with Crippen molar-refractivity contribution in [2.45, 2.75) is 57.9 Å². The van der Waals surface area contributed by atoms with E-state index >= 15 is 0 Å². The van der Waals surface area contributed by atoms with E-state index in [0.29, 0.717) is 25.9 Å². The van der Waals surface area contributed by atoms with E-state index in [1.165, 1.54) is 0 Å². The average Bonchev–Trinajstić information content (AvgIpc) is 3.20. The van der Waals surface area contributed by atoms with Gasteiger partial charge in [-0.15, -0.1) is 11.3 Å². The fourth-order valence-corrected chi connectivity index (χ4v) is 5.38. The largest absolute Gasteiger partial charge is 0.473 e. The van der Waals surface area contributed by atoms with E-state index in [1.807, 2.05) is 63.2 Å². The lowest BCUT2D eigenvalue weighted by Gasteiger charge is -2.33. The summed E-state index contributed by atoms with van der Waals surface area (Å²) in [7, 11) is 0. The van der Waals surface area contributed by atoms with Gasteiger partial charge in [-0.3, -0.25) is 4.79 Å². The number of likely N-dealkylation sites (tertiary alicyclic amines) is 1. The fourth-order valence-electron chi connectivity index (χ4n) is 4.23. The molecule has 1 aliphatic heterocycles. The fraction of sp³-hybridized carbons (Fsp3) is 0.423. The van der Waals surface area contributed by atoms with Crippen LogP contribution in [0, 0.1) is 0 Å². The molecule has 0 N–H and O–H groups in total. The van der Waals surface area contributed by atoms with Crippen LogP contribution in [-0.2, 0) is 16.1 Å². The standard InChI is InChI=1S/C26H28F3N3O3S/c1-25(2,3)35-24(34)31-13-11-18(12-14-31)21-16-32(23(36-21)30-22(33)26(27,28)29)15-19-9-6-8-17-7-4-5-10-20(17)19/h4-10,16,18H,11-15H2,1-3H3/b30-23-. The molecule has 6 nitrogen and oxygen atoms in total. The number of benzene rings is 2. The van der Waals surface area contributed by atoms with Crippen molar-refractivity contribution in [1.29, 1.82) is 0 Å². The second-order valence-corrected chi connectivity index (χ2v) is 10.9. The molecule has 1 saturated heterocycles. The van der Waals surface area contributed by atoms with Crippen LogP contribution in [-0.4, -0.2) is 46.3 Å². The maximum absolute atomic E-state index is 13.0. The van der Waals surface area contributed by atoms with Crippen LogP contribution in [0.3, 0.4) is 0 Å². The van der Waals surface area contributed by atoms with Crippen molar-refractivity contribution < 1.29 is 27.5 Å². The zero-order valence-corrected chi connectivity index (χ0v) is 21.2. The highest BCUT2D eigenvalue weighted by molar-refractivity contribution is 7.09. The lowest BCUT2D eigenvalue weighted by Crippen LogP contribution is -2.41. The second-order valence-electron chi connectivity index (χ2n) is 9.84. The topological polar surface area (TPSA) is 63.9 Å². The second kappa shape index (κ2) is 10.1. The number of aromatic nitrogens is 1. The SMILES string of the molecule is CC(C)(C)OC(=O)N1CCC(c2cn(Cc3cccc4ccccc34)/c(=N/C(=O)C(F)(F)F)s2)CC1. The predicted octanol–water partition coefficient (Wildman–Crippen LogP) is 5.86. The average molecular weight is 520 g/mol. The summed E-state index contributed by atoms with van der Waals surface area (Å²) >= 11 is 1.10. The summed E-state index contributed by atoms with van der Waals surface area (Å²) in [5.74, 6) is -2.08. The Morgan fingerprint density at radius 1 is 1.06 bits per heavy atom. The van der Waals surface area contributed by atoms with Gasteiger partial charge in [0.2, 0.25) is 0 Å². The molecule has 10 heteroatoms. The summed E-state index contributed by atoms with van der Waals surface area (Å²) in [6.07, 6.45) is -2.34. The van der Waals surface area contributed by atoms with E-state index in [0.717, 1.165) is 32.5 Å². The van der Waals surface area contributed by atoms with Crippen LogP contribution >= 0.6 is 11.3 Å². The minimum atomic E-state index is -5.04. The van der Waals surface area contributed by atoms with Gasteiger partial charge >= 0.3 is 18.2 Å². The predicted molar refractivity (Wildman–Crippen MR) is 132 cm³/mol. The van der Waals surface area contributed by atoms with E-state index in [-0.39, 0.29) is 23.4 Å². The number of rotatable bonds is 3. The number of hydrogen-bond acceptors (Lipinski definition) is 4. The number of hydrogen-bond donors (Lipinski definition) is 0. The lowest BCUT2D eigenvalue weighted by atomic mass is 9.96. The molecule has 2 heterocycles. The summed E-state index contributed by atoms with van der Waals surface area (Å²) in [5.41, 5.74) is 0.328. The van der Waals surface area contributed by atoms with Crippen LogP contribution in [0.2, 0.25) is 0 Å². The number of halogens is 3. The number of nitrogens with zero attached hydrogens (tertiary/aromatic N) is 3. The quantitative estimate of drug-likeness (QED) is 0.436. The van der Waals surface area contributed by atoms with Crippen LogP contribution in [0.5, 0.6) is 0 Å². The Balaban J connectivity index is 1.61. The highest BCUT2D eigenvalue weighted by Crippen LogP contribution is 2.31. The maximum Gasteiger partial charge on any atom is 0.473 e. The van der Waals surface area contributed by atoms with Crippen molar-refractivity contribution in [3.8, 4) is 0 Å². The Morgan fingerprint density at radius 3 is 2.39 bits per heavy atom. The minimum Gasteiger partial charge on any atom is -0.444 e. The molecule has 0 aliphatic carbocycles. The van der Waals surface area contributed by atoms with Crippen LogP contribution in [0.4, 0.5) is 18.0 Å². The molecule has 0 saturated carbocycles. The van der Waals surface area contributed by atoms with Crippen LogP contribution in [0.1, 0.15) is 50.0 Å². The number of ether oxygens (including phenoxy) is 1. The van der Waals surface area contributed by atoms with Crippen molar-refractivity contribution >= 4 is 34.1 Å². The number of amides is 2. The molecule has 192 valence electrons. The third-order valence-corrected chi connectivity index (χ3v) is 7.13. The van der Waals surface area contributed by atoms with Gasteiger partial charge in [0, 0.05) is 24.2 Å². The Hall–Kier alpha value is -3.14. The van der Waals surface area contributed by atoms with Crippen LogP contribution < -0.4 is 4.80 Å². The lowest BCUT2D eigenvalue weighted by molar-refractivity contribution is -0.169. The van der Waals surface area contributed by atoms with E-state index in [2.05, 4.69) is 4.99 Å². The smallest absolute Gasteiger partial charge is 0.444 e. The van der Waals surface area contributed by atoms with Gasteiger partial charge in [0.05, 0.1) is 6.54 Å². The van der Waals surface area contributed by atoms with Crippen molar-refractivity contribution in [2.75, 3.05) is 13.1 Å². The van der Waals surface area contributed by atoms with E-state index in [1.54, 1.807) is 15.7 Å². The number of piperidine rings is 1. The Bertz CT molecular complexity index is 1320. The minimum absolute atomic E-state index is 0.00910. The zero-order chi connectivity index (χ0) is 26.1. The first-order valence-corrected chi connectivity index (χ1v) is 12.5. The number of carbonyl (C=O) groups excluding carboxylic acids is 2. The molecule has 3 aromatic rings. The molecule has 36 heavy (non-hydrogen) atoms. The van der Waals surface area contributed by atoms with Crippen LogP contribution in [0.25, 0.3) is 10.8 Å². The maximum atomic E-state index is 13.0. The van der Waals surface area contributed by atoms with Gasteiger partial charge in [0.15, 0.2) is 4.80 Å². The third kappa shape index (κ3) is 6.16. The zero-order valence-electron chi connectivity index (χ0n) is 20.3. The molecular weight excluding hydrogens is 491 g/mol. The van der Waals surface area contributed by atoms with Gasteiger partial charge in [-0.1, -0.05) is 42.5 Å². The van der Waals surface area contributed by atoms with Crippen LogP contribution in [0.15, 0.2) is 53.7 Å². The molecule has 0 unspecified atom stereocenters. The van der Waals surface area contributed by atoms with Gasteiger partial charge in [0.1, 0.15) is 5.60 Å². The van der Waals surface area contributed by atoms with Crippen molar-refractivity contribution in [3.05, 3.63) is 63.9 Å². The van der Waals surface area contributed by atoms with E-state index < -0.39 is 17.7 Å². The monoisotopic (exact) mass is 519 g/mol. The summed E-state index contributed by atoms with van der Waals surface area (Å²) in [6, 6.07) is 13.6. The first-order chi connectivity index (χ1) is 16.9. The summed E-state index contributed by atoms with van der Waals surface area (Å²) in [5, 5.41) is 2.00. The molecule has 0 spiro atoms. The Kier molecular flexibility index (Phi) is 7.26. The third-order valence-electron chi connectivity index (χ3n) is 5.95. The Labute approximate surface area is 211 Å². The summed E-state index contributed by atoms with van der Waals surface area (Å²) in [4.78, 5) is 30.0. The number of carbonyl (C=O) groups is 2. The van der Waals surface area contributed by atoms with Gasteiger partial charge < -0.3 is 14.2 Å². The Morgan fingerprint density at radius 2 is 1.72 bits per heavy atom. The first-order valence-electron chi connectivity index (χ1n) is 11.7. The van der Waals surface area contributed by atoms with Gasteiger partial charge in [-0.2, -0.15) is 18.2 Å². The van der Waals surface area contributed by atoms with Crippen molar-refractivity contribution in [1.82, 2.24) is 9.47 Å². The van der Waals surface area contributed by atoms with Crippen molar-refractivity contribution in [3.63, 3.8) is 0 Å². The van der Waals surface area contributed by atoms with Gasteiger partial charge in [0.25, 0.3) is 0 Å². The number of fused-ring (bicyclic) bond motifs is 1. The molecule has 0 atom stereocenters. The summed E-state index contributed by atoms with van der Waals surface area (Å²) < 4.78 is 46.1. The molecule has 1 aromatic heterocycles. The van der Waals surface area contributed by atoms with E-state index in [9.17, 15) is 22.8 Å². The number of thiazole rings is 1.